The number of carbonyl (C=O) groups is 8. The molecule has 38 nitrogen and oxygen atoms in total. The highest BCUT2D eigenvalue weighted by molar-refractivity contribution is 7.51. The maximum atomic E-state index is 14.4. The molecule has 0 aromatic carbocycles. The standard InChI is InChI=1S/C78H137N3O35P2/c1-50-38-61(116-117(5,100)101)65(111-50)46-110-118(102,103)115-60-39-54(42-82)81(41-60)68(93)40-67(92)80-78(47-104-35-28-58(89)22-10-6-8-20-55(86)25-13-17-32-107-75-51(2)69(94)72(97)62(43-83)112-75,48-105-36-29-59(90)23-11-7-9-21-56(87)26-14-18-33-108-76-52(3)70(95)73(98)63(44-84)113-76)49-106-37-30-66(91)79-31-16-12-24-57(88)27-15-19-34-109-77-53(4)71(96)74(99)64(45-85)114-77/h50-54,60-65,69-77,82-85,94-99H,6-49H2,1-5H3,(H,79,91)(H,80,92)(H,100,101)(H,102,103)/t50-,51?,52?,53?,54-,60+,61?,62?,63?,64?,65+,69+,70+,71+,72-,73-,74-,75+,76+,77+,78?/m0/s1. The fraction of sp³-hybridized carbons (Fsp3) is 0.897. The summed E-state index contributed by atoms with van der Waals surface area (Å²) >= 11 is 0. The minimum Gasteiger partial charge on any atom is -0.394 e. The Hall–Kier alpha value is -3.78. The number of hydrogen-bond donors (Lipinski definition) is 14. The minimum atomic E-state index is -4.94. The van der Waals surface area contributed by atoms with E-state index in [2.05, 4.69) is 10.6 Å². The molecule has 5 aliphatic heterocycles. The number of ketones is 5. The molecular weight excluding hydrogens is 1600 g/mol. The van der Waals surface area contributed by atoms with Crippen molar-refractivity contribution >= 4 is 62.1 Å². The van der Waals surface area contributed by atoms with Crippen LogP contribution >= 0.6 is 15.4 Å². The molecule has 5 heterocycles. The number of aliphatic hydroxyl groups is 10. The molecule has 0 spiro atoms. The SMILES string of the molecule is CC1[C@H](OCCCCC(=O)CCCCCC(=O)CCOCC(COCCC(=O)CCCCCC(=O)CCCCO[C@@H]2OC(CO)[C@H](O)[C@H](O)C2C)(COCCC(=O)NCCCCC(=O)CCCCO[C@@H]2OC(CO)[C@H](O)[C@H](O)C2C)NC(=O)CC(=O)N2C[C@H](OP(=O)(O)OC[C@H]3O[C@@H](C)CC3OP(C)(=O)O)C[C@H]2CO)OC(CO)[C@H](O)[C@@H]1O. The van der Waals surface area contributed by atoms with E-state index in [1.54, 1.807) is 27.7 Å². The van der Waals surface area contributed by atoms with Crippen molar-refractivity contribution in [2.24, 2.45) is 17.8 Å². The van der Waals surface area contributed by atoms with Crippen molar-refractivity contribution < 1.29 is 169 Å². The molecule has 0 aromatic heterocycles. The number of aliphatic hydroxyl groups excluding tert-OH is 10. The van der Waals surface area contributed by atoms with Crippen molar-refractivity contribution in [1.82, 2.24) is 15.5 Å². The number of amides is 3. The summed E-state index contributed by atoms with van der Waals surface area (Å²) in [5.41, 5.74) is -1.69. The number of likely N-dealkylation sites (tertiary alicyclic amines) is 1. The summed E-state index contributed by atoms with van der Waals surface area (Å²) < 4.78 is 99.3. The second-order valence-corrected chi connectivity index (χ2v) is 35.2. The number of nitrogens with one attached hydrogen (secondary N) is 2. The molecule has 0 aliphatic carbocycles. The van der Waals surface area contributed by atoms with E-state index in [9.17, 15) is 108 Å². The van der Waals surface area contributed by atoms with Crippen LogP contribution in [0.3, 0.4) is 0 Å². The van der Waals surface area contributed by atoms with Crippen LogP contribution in [-0.4, -0.2) is 334 Å². The maximum absolute atomic E-state index is 14.4. The maximum Gasteiger partial charge on any atom is 0.472 e. The van der Waals surface area contributed by atoms with Crippen LogP contribution < -0.4 is 10.6 Å². The van der Waals surface area contributed by atoms with Crippen molar-refractivity contribution in [2.45, 2.75) is 317 Å². The Morgan fingerprint density at radius 1 is 0.441 bits per heavy atom. The number of carbonyl (C=O) groups excluding carboxylic acids is 8. The molecule has 3 amide bonds. The molecule has 684 valence electrons. The first kappa shape index (κ1) is 105. The lowest BCUT2D eigenvalue weighted by atomic mass is 9.92. The third-order valence-electron chi connectivity index (χ3n) is 21.7. The van der Waals surface area contributed by atoms with Gasteiger partial charge in [-0.2, -0.15) is 0 Å². The fourth-order valence-electron chi connectivity index (χ4n) is 14.5. The number of phosphoric acid groups is 1. The number of nitrogens with zero attached hydrogens (tertiary/aromatic N) is 1. The molecule has 5 rings (SSSR count). The van der Waals surface area contributed by atoms with E-state index < -0.39 is 220 Å². The quantitative estimate of drug-likeness (QED) is 0.0234. The first-order valence-corrected chi connectivity index (χ1v) is 45.5. The van der Waals surface area contributed by atoms with Crippen LogP contribution in [0, 0.1) is 17.8 Å². The molecule has 118 heavy (non-hydrogen) atoms. The first-order chi connectivity index (χ1) is 56.1. The van der Waals surface area contributed by atoms with Crippen LogP contribution in [0.1, 0.15) is 207 Å². The molecule has 22 atom stereocenters. The highest BCUT2D eigenvalue weighted by Gasteiger charge is 2.47. The monoisotopic (exact) mass is 1740 g/mol. The molecule has 0 saturated carbocycles. The summed E-state index contributed by atoms with van der Waals surface area (Å²) in [7, 11) is -8.94. The average Bonchev–Trinajstić information content (AvgIpc) is 1.61. The second kappa shape index (κ2) is 55.5. The summed E-state index contributed by atoms with van der Waals surface area (Å²) in [6.45, 7) is 3.66. The Morgan fingerprint density at radius 3 is 1.21 bits per heavy atom. The van der Waals surface area contributed by atoms with Gasteiger partial charge >= 0.3 is 15.4 Å². The number of Topliss-reactive ketones (excluding diaryl/α,β-unsaturated/α-hetero) is 5. The summed E-state index contributed by atoms with van der Waals surface area (Å²) in [5, 5.41) is 106. The van der Waals surface area contributed by atoms with Crippen molar-refractivity contribution in [3.8, 4) is 0 Å². The highest BCUT2D eigenvalue weighted by Crippen LogP contribution is 2.49. The number of ether oxygens (including phenoxy) is 10. The van der Waals surface area contributed by atoms with E-state index in [4.69, 9.17) is 60.9 Å². The third-order valence-corrected chi connectivity index (χ3v) is 23.4. The molecular formula is C78H137N3O35P2. The summed E-state index contributed by atoms with van der Waals surface area (Å²) in [6.07, 6.45) is -8.09. The van der Waals surface area contributed by atoms with Crippen molar-refractivity contribution in [3.63, 3.8) is 0 Å². The van der Waals surface area contributed by atoms with Crippen molar-refractivity contribution in [1.29, 1.82) is 0 Å². The van der Waals surface area contributed by atoms with Gasteiger partial charge in [-0.1, -0.05) is 33.6 Å². The van der Waals surface area contributed by atoms with Gasteiger partial charge in [-0.05, 0) is 90.4 Å². The molecule has 40 heteroatoms. The fourth-order valence-corrected chi connectivity index (χ4v) is 16.2. The predicted octanol–water partition coefficient (Wildman–Crippen LogP) is 1.74. The molecule has 0 radical (unpaired) electrons. The van der Waals surface area contributed by atoms with Gasteiger partial charge in [0.25, 0.3) is 0 Å². The molecule has 0 bridgehead atoms. The van der Waals surface area contributed by atoms with Gasteiger partial charge in [0.1, 0.15) is 83.6 Å². The van der Waals surface area contributed by atoms with Gasteiger partial charge in [0.2, 0.25) is 17.7 Å². The van der Waals surface area contributed by atoms with Gasteiger partial charge in [0, 0.05) is 134 Å². The average molecular weight is 1740 g/mol. The van der Waals surface area contributed by atoms with Crippen molar-refractivity contribution in [3.05, 3.63) is 0 Å². The third kappa shape index (κ3) is 38.8. The number of hydrogen-bond acceptors (Lipinski definition) is 33. The topological polar surface area (TPSA) is 561 Å². The largest absolute Gasteiger partial charge is 0.472 e. The zero-order valence-electron chi connectivity index (χ0n) is 69.3. The molecule has 0 aromatic rings. The summed E-state index contributed by atoms with van der Waals surface area (Å²) in [6, 6.07) is -1.01. The van der Waals surface area contributed by atoms with Crippen LogP contribution in [-0.2, 0) is 108 Å². The normalized spacial score (nSPS) is 29.5. The van der Waals surface area contributed by atoms with Gasteiger partial charge in [0.05, 0.1) is 115 Å². The van der Waals surface area contributed by atoms with E-state index >= 15 is 0 Å². The van der Waals surface area contributed by atoms with Gasteiger partial charge in [0.15, 0.2) is 18.9 Å². The van der Waals surface area contributed by atoms with Crippen molar-refractivity contribution in [2.75, 3.05) is 112 Å². The first-order valence-electron chi connectivity index (χ1n) is 41.9. The van der Waals surface area contributed by atoms with Crippen LogP contribution in [0.25, 0.3) is 0 Å². The van der Waals surface area contributed by atoms with Crippen LogP contribution in [0.5, 0.6) is 0 Å². The van der Waals surface area contributed by atoms with E-state index in [1.165, 1.54) is 0 Å². The zero-order valence-corrected chi connectivity index (χ0v) is 71.0. The summed E-state index contributed by atoms with van der Waals surface area (Å²) in [5.74, 6) is -4.06. The molecule has 14 N–H and O–H groups in total. The Morgan fingerprint density at radius 2 is 0.822 bits per heavy atom. The lowest BCUT2D eigenvalue weighted by Gasteiger charge is -2.40. The van der Waals surface area contributed by atoms with Gasteiger partial charge in [-0.3, -0.25) is 52.0 Å². The Kier molecular flexibility index (Phi) is 49.3. The number of rotatable bonds is 64. The Balaban J connectivity index is 1.17. The summed E-state index contributed by atoms with van der Waals surface area (Å²) in [4.78, 5) is 128. The lowest BCUT2D eigenvalue weighted by molar-refractivity contribution is -0.282. The number of phosphoric ester groups is 1. The Labute approximate surface area is 691 Å². The number of unbranched alkanes of at least 4 members (excludes halogenated alkanes) is 8. The smallest absolute Gasteiger partial charge is 0.394 e. The van der Waals surface area contributed by atoms with Gasteiger partial charge in [-0.15, -0.1) is 0 Å². The van der Waals surface area contributed by atoms with E-state index in [1.807, 2.05) is 0 Å². The molecule has 5 fully saturated rings. The van der Waals surface area contributed by atoms with E-state index in [0.29, 0.717) is 116 Å². The van der Waals surface area contributed by atoms with Crippen LogP contribution in [0.4, 0.5) is 0 Å². The van der Waals surface area contributed by atoms with Crippen LogP contribution in [0.2, 0.25) is 0 Å². The van der Waals surface area contributed by atoms with Gasteiger partial charge < -0.3 is 128 Å². The van der Waals surface area contributed by atoms with Crippen LogP contribution in [0.15, 0.2) is 0 Å². The van der Waals surface area contributed by atoms with E-state index in [-0.39, 0.29) is 139 Å². The molecule has 5 saturated heterocycles. The zero-order chi connectivity index (χ0) is 87.0. The lowest BCUT2D eigenvalue weighted by Crippen LogP contribution is -2.59. The predicted molar refractivity (Wildman–Crippen MR) is 417 cm³/mol. The Bertz CT molecular complexity index is 2850. The van der Waals surface area contributed by atoms with Gasteiger partial charge in [-0.25, -0.2) is 4.57 Å². The molecule has 9 unspecified atom stereocenters. The minimum absolute atomic E-state index is 0.0127. The second-order valence-electron chi connectivity index (χ2n) is 32.0. The van der Waals surface area contributed by atoms with E-state index in [0.717, 1.165) is 11.6 Å². The highest BCUT2D eigenvalue weighted by atomic mass is 31.2. The molecule has 5 aliphatic rings.